The number of likely N-dealkylation sites (tertiary alicyclic amines) is 1. The summed E-state index contributed by atoms with van der Waals surface area (Å²) in [6.07, 6.45) is 2.54. The number of hydrogen-bond acceptors (Lipinski definition) is 3. The number of benzene rings is 2. The second kappa shape index (κ2) is 8.83. The topological polar surface area (TPSA) is 36.5 Å². The SMILES string of the molecule is CN1CCC[C@@H](CNC(=S)Nc2ccc(Oc3ccccc3)cc2)C1. The quantitative estimate of drug-likeness (QED) is 0.790. The molecule has 0 radical (unpaired) electrons. The van der Waals surface area contributed by atoms with Crippen LogP contribution in [0.1, 0.15) is 12.8 Å². The van der Waals surface area contributed by atoms with Gasteiger partial charge in [0.05, 0.1) is 0 Å². The van der Waals surface area contributed by atoms with Crippen molar-refractivity contribution < 1.29 is 4.74 Å². The van der Waals surface area contributed by atoms with E-state index < -0.39 is 0 Å². The van der Waals surface area contributed by atoms with Crippen LogP contribution in [0.5, 0.6) is 11.5 Å². The van der Waals surface area contributed by atoms with E-state index in [0.29, 0.717) is 11.0 Å². The lowest BCUT2D eigenvalue weighted by Gasteiger charge is -2.30. The van der Waals surface area contributed by atoms with E-state index >= 15 is 0 Å². The van der Waals surface area contributed by atoms with Crippen molar-refractivity contribution in [1.82, 2.24) is 10.2 Å². The average Bonchev–Trinajstić information content (AvgIpc) is 2.63. The van der Waals surface area contributed by atoms with E-state index in [1.807, 2.05) is 54.6 Å². The summed E-state index contributed by atoms with van der Waals surface area (Å²) in [7, 11) is 2.18. The van der Waals surface area contributed by atoms with Gasteiger partial charge in [-0.15, -0.1) is 0 Å². The Kier molecular flexibility index (Phi) is 6.25. The molecule has 3 rings (SSSR count). The Balaban J connectivity index is 1.45. The summed E-state index contributed by atoms with van der Waals surface area (Å²) in [5.74, 6) is 2.30. The zero-order chi connectivity index (χ0) is 17.5. The highest BCUT2D eigenvalue weighted by Crippen LogP contribution is 2.22. The maximum atomic E-state index is 5.79. The number of nitrogens with one attached hydrogen (secondary N) is 2. The molecule has 0 bridgehead atoms. The van der Waals surface area contributed by atoms with Crippen molar-refractivity contribution in [3.05, 3.63) is 54.6 Å². The first-order valence-corrected chi connectivity index (χ1v) is 9.16. The van der Waals surface area contributed by atoms with Crippen LogP contribution in [-0.2, 0) is 0 Å². The second-order valence-electron chi connectivity index (χ2n) is 6.55. The molecule has 0 aromatic heterocycles. The van der Waals surface area contributed by atoms with Gasteiger partial charge >= 0.3 is 0 Å². The molecule has 1 aliphatic rings. The normalized spacial score (nSPS) is 17.7. The standard InChI is InChI=1S/C20H25N3OS/c1-23-13-5-6-16(15-23)14-21-20(25)22-17-9-11-19(12-10-17)24-18-7-3-2-4-8-18/h2-4,7-12,16H,5-6,13-15H2,1H3,(H2,21,22,25)/t16-/m0/s1. The van der Waals surface area contributed by atoms with E-state index in [1.54, 1.807) is 0 Å². The Bertz CT molecular complexity index is 675. The lowest BCUT2D eigenvalue weighted by atomic mass is 9.99. The summed E-state index contributed by atoms with van der Waals surface area (Å²) in [6, 6.07) is 17.6. The molecule has 0 saturated carbocycles. The molecule has 25 heavy (non-hydrogen) atoms. The molecule has 132 valence electrons. The Morgan fingerprint density at radius 1 is 1.12 bits per heavy atom. The minimum atomic E-state index is 0.667. The fraction of sp³-hybridized carbons (Fsp3) is 0.350. The molecule has 1 atom stereocenters. The summed E-state index contributed by atoms with van der Waals surface area (Å²) < 4.78 is 5.79. The van der Waals surface area contributed by atoms with Crippen molar-refractivity contribution in [3.8, 4) is 11.5 Å². The largest absolute Gasteiger partial charge is 0.457 e. The summed E-state index contributed by atoms with van der Waals surface area (Å²) in [5, 5.41) is 7.24. The van der Waals surface area contributed by atoms with Gasteiger partial charge in [-0.1, -0.05) is 18.2 Å². The lowest BCUT2D eigenvalue weighted by molar-refractivity contribution is 0.211. The van der Waals surface area contributed by atoms with E-state index in [1.165, 1.54) is 19.4 Å². The van der Waals surface area contributed by atoms with Gasteiger partial charge in [-0.25, -0.2) is 0 Å². The molecule has 0 aliphatic carbocycles. The number of hydrogen-bond donors (Lipinski definition) is 2. The molecule has 2 N–H and O–H groups in total. The minimum Gasteiger partial charge on any atom is -0.457 e. The van der Waals surface area contributed by atoms with Crippen LogP contribution in [0.3, 0.4) is 0 Å². The van der Waals surface area contributed by atoms with Gasteiger partial charge in [-0.05, 0) is 81.0 Å². The molecule has 1 heterocycles. The van der Waals surface area contributed by atoms with E-state index in [4.69, 9.17) is 17.0 Å². The number of thiocarbonyl (C=S) groups is 1. The van der Waals surface area contributed by atoms with Crippen LogP contribution in [0.15, 0.2) is 54.6 Å². The van der Waals surface area contributed by atoms with Crippen LogP contribution in [0, 0.1) is 5.92 Å². The predicted octanol–water partition coefficient (Wildman–Crippen LogP) is 4.11. The lowest BCUT2D eigenvalue weighted by Crippen LogP contribution is -2.40. The molecular weight excluding hydrogens is 330 g/mol. The molecule has 5 heteroatoms. The zero-order valence-electron chi connectivity index (χ0n) is 14.6. The first-order valence-electron chi connectivity index (χ1n) is 8.75. The predicted molar refractivity (Wildman–Crippen MR) is 107 cm³/mol. The monoisotopic (exact) mass is 355 g/mol. The van der Waals surface area contributed by atoms with Gasteiger partial charge in [0, 0.05) is 18.8 Å². The highest BCUT2D eigenvalue weighted by Gasteiger charge is 2.16. The van der Waals surface area contributed by atoms with Crippen molar-refractivity contribution in [1.29, 1.82) is 0 Å². The fourth-order valence-electron chi connectivity index (χ4n) is 3.08. The van der Waals surface area contributed by atoms with Crippen molar-refractivity contribution in [2.45, 2.75) is 12.8 Å². The molecule has 2 aromatic carbocycles. The second-order valence-corrected chi connectivity index (χ2v) is 6.95. The third-order valence-electron chi connectivity index (χ3n) is 4.36. The maximum Gasteiger partial charge on any atom is 0.170 e. The number of anilines is 1. The molecule has 1 fully saturated rings. The molecular formula is C20H25N3OS. The minimum absolute atomic E-state index is 0.667. The number of para-hydroxylation sites is 1. The molecule has 1 aliphatic heterocycles. The summed E-state index contributed by atoms with van der Waals surface area (Å²) >= 11 is 5.40. The van der Waals surface area contributed by atoms with Crippen LogP contribution in [0.2, 0.25) is 0 Å². The van der Waals surface area contributed by atoms with E-state index in [0.717, 1.165) is 30.3 Å². The zero-order valence-corrected chi connectivity index (χ0v) is 15.4. The average molecular weight is 356 g/mol. The van der Waals surface area contributed by atoms with Gasteiger partial charge in [0.15, 0.2) is 5.11 Å². The molecule has 2 aromatic rings. The Morgan fingerprint density at radius 2 is 1.84 bits per heavy atom. The smallest absolute Gasteiger partial charge is 0.170 e. The first kappa shape index (κ1) is 17.7. The summed E-state index contributed by atoms with van der Waals surface area (Å²) in [6.45, 7) is 3.27. The number of ether oxygens (including phenoxy) is 1. The highest BCUT2D eigenvalue weighted by atomic mass is 32.1. The molecule has 1 saturated heterocycles. The molecule has 0 amide bonds. The van der Waals surface area contributed by atoms with Gasteiger partial charge in [-0.2, -0.15) is 0 Å². The van der Waals surface area contributed by atoms with Gasteiger partial charge in [-0.3, -0.25) is 0 Å². The van der Waals surface area contributed by atoms with Crippen LogP contribution < -0.4 is 15.4 Å². The van der Waals surface area contributed by atoms with Gasteiger partial charge < -0.3 is 20.3 Å². The summed E-state index contributed by atoms with van der Waals surface area (Å²) in [4.78, 5) is 2.39. The molecule has 4 nitrogen and oxygen atoms in total. The van der Waals surface area contributed by atoms with Crippen molar-refractivity contribution in [3.63, 3.8) is 0 Å². The number of piperidine rings is 1. The highest BCUT2D eigenvalue weighted by molar-refractivity contribution is 7.80. The van der Waals surface area contributed by atoms with Crippen LogP contribution in [0.25, 0.3) is 0 Å². The molecule has 0 unspecified atom stereocenters. The first-order chi connectivity index (χ1) is 12.2. The number of rotatable bonds is 5. The van der Waals surface area contributed by atoms with Crippen molar-refractivity contribution >= 4 is 23.0 Å². The number of nitrogens with zero attached hydrogens (tertiary/aromatic N) is 1. The van der Waals surface area contributed by atoms with E-state index in [-0.39, 0.29) is 0 Å². The van der Waals surface area contributed by atoms with E-state index in [2.05, 4.69) is 22.6 Å². The summed E-state index contributed by atoms with van der Waals surface area (Å²) in [5.41, 5.74) is 0.957. The van der Waals surface area contributed by atoms with Crippen LogP contribution in [-0.4, -0.2) is 36.7 Å². The van der Waals surface area contributed by atoms with Gasteiger partial charge in [0.1, 0.15) is 11.5 Å². The van der Waals surface area contributed by atoms with Crippen molar-refractivity contribution in [2.24, 2.45) is 5.92 Å². The van der Waals surface area contributed by atoms with Crippen molar-refractivity contribution in [2.75, 3.05) is 32.0 Å². The fourth-order valence-corrected chi connectivity index (χ4v) is 3.28. The van der Waals surface area contributed by atoms with Gasteiger partial charge in [0.25, 0.3) is 0 Å². The van der Waals surface area contributed by atoms with Gasteiger partial charge in [0.2, 0.25) is 0 Å². The Labute approximate surface area is 155 Å². The Hall–Kier alpha value is -2.11. The van der Waals surface area contributed by atoms with E-state index in [9.17, 15) is 0 Å². The third kappa shape index (κ3) is 5.73. The molecule has 0 spiro atoms. The maximum absolute atomic E-state index is 5.79. The Morgan fingerprint density at radius 3 is 2.56 bits per heavy atom. The van der Waals surface area contributed by atoms with Crippen LogP contribution >= 0.6 is 12.2 Å². The van der Waals surface area contributed by atoms with Crippen LogP contribution in [0.4, 0.5) is 5.69 Å². The third-order valence-corrected chi connectivity index (χ3v) is 4.61.